The van der Waals surface area contributed by atoms with Crippen LogP contribution in [0.3, 0.4) is 0 Å². The van der Waals surface area contributed by atoms with Crippen molar-refractivity contribution >= 4 is 40.8 Å². The number of nitrogens with one attached hydrogen (secondary N) is 2. The van der Waals surface area contributed by atoms with Crippen LogP contribution >= 0.6 is 24.0 Å². The largest absolute Gasteiger partial charge is 0.357 e. The molecule has 1 aromatic heterocycles. The van der Waals surface area contributed by atoms with Gasteiger partial charge in [-0.1, -0.05) is 18.2 Å². The molecule has 1 aliphatic rings. The number of nitrogens with zero attached hydrogens (tertiary/aromatic N) is 2. The van der Waals surface area contributed by atoms with Crippen molar-refractivity contribution in [1.29, 1.82) is 0 Å². The van der Waals surface area contributed by atoms with Gasteiger partial charge in [0.1, 0.15) is 0 Å². The van der Waals surface area contributed by atoms with E-state index >= 15 is 0 Å². The lowest BCUT2D eigenvalue weighted by atomic mass is 10.1. The number of fused-ring (bicyclic) bond motifs is 1. The van der Waals surface area contributed by atoms with Crippen molar-refractivity contribution in [3.63, 3.8) is 0 Å². The van der Waals surface area contributed by atoms with Gasteiger partial charge in [-0.3, -0.25) is 4.98 Å². The smallest absolute Gasteiger partial charge is 0.191 e. The van der Waals surface area contributed by atoms with E-state index in [1.54, 1.807) is 0 Å². The number of halogens is 1. The lowest BCUT2D eigenvalue weighted by molar-refractivity contribution is 0.813. The van der Waals surface area contributed by atoms with Crippen LogP contribution in [0.2, 0.25) is 0 Å². The Bertz CT molecular complexity index is 617. The van der Waals surface area contributed by atoms with E-state index in [0.29, 0.717) is 12.6 Å². The Kier molecular flexibility index (Phi) is 5.78. The fraction of sp³-hybridized carbons (Fsp3) is 0.375. The Morgan fingerprint density at radius 2 is 2.10 bits per heavy atom. The summed E-state index contributed by atoms with van der Waals surface area (Å²) in [6, 6.07) is 10.9. The lowest BCUT2D eigenvalue weighted by Crippen LogP contribution is -2.38. The minimum Gasteiger partial charge on any atom is -0.357 e. The number of pyridine rings is 1. The van der Waals surface area contributed by atoms with Gasteiger partial charge in [-0.25, -0.2) is 4.99 Å². The highest BCUT2D eigenvalue weighted by atomic mass is 127. The van der Waals surface area contributed by atoms with Crippen LogP contribution in [-0.2, 0) is 6.54 Å². The van der Waals surface area contributed by atoms with Crippen LogP contribution in [0.5, 0.6) is 0 Å². The van der Waals surface area contributed by atoms with Crippen molar-refractivity contribution < 1.29 is 0 Å². The second kappa shape index (κ2) is 7.59. The van der Waals surface area contributed by atoms with Crippen molar-refractivity contribution in [2.24, 2.45) is 4.99 Å². The summed E-state index contributed by atoms with van der Waals surface area (Å²) in [7, 11) is 0. The Hall–Kier alpha value is -1.37. The Morgan fingerprint density at radius 3 is 2.86 bits per heavy atom. The summed E-state index contributed by atoms with van der Waals surface area (Å²) in [4.78, 5) is 9.06. The molecule has 1 aliphatic carbocycles. The van der Waals surface area contributed by atoms with E-state index in [0.717, 1.165) is 18.0 Å². The standard InChI is InChI=1S/C16H20N4.HI/c1-2-17-16(20-13-7-8-13)19-11-12-9-10-18-15-6-4-3-5-14(12)15;/h3-6,9-10,13H,2,7-8,11H2,1H3,(H2,17,19,20);1H. The maximum absolute atomic E-state index is 4.68. The molecular formula is C16H21IN4. The normalized spacial score (nSPS) is 14.6. The van der Waals surface area contributed by atoms with Gasteiger partial charge < -0.3 is 10.6 Å². The molecule has 4 nitrogen and oxygen atoms in total. The molecule has 0 spiro atoms. The van der Waals surface area contributed by atoms with Crippen LogP contribution in [0.1, 0.15) is 25.3 Å². The van der Waals surface area contributed by atoms with E-state index in [4.69, 9.17) is 0 Å². The summed E-state index contributed by atoms with van der Waals surface area (Å²) in [6.45, 7) is 3.65. The Labute approximate surface area is 142 Å². The molecule has 2 N–H and O–H groups in total. The molecule has 0 saturated heterocycles. The molecule has 3 rings (SSSR count). The van der Waals surface area contributed by atoms with Crippen LogP contribution in [0.25, 0.3) is 10.9 Å². The van der Waals surface area contributed by atoms with Gasteiger partial charge in [-0.2, -0.15) is 0 Å². The van der Waals surface area contributed by atoms with Crippen LogP contribution < -0.4 is 10.6 Å². The number of aromatic nitrogens is 1. The first-order chi connectivity index (χ1) is 9.86. The molecule has 1 heterocycles. The third-order valence-corrected chi connectivity index (χ3v) is 3.41. The van der Waals surface area contributed by atoms with Gasteiger partial charge >= 0.3 is 0 Å². The SMILES string of the molecule is CCNC(=NCc1ccnc2ccccc12)NC1CC1.I. The van der Waals surface area contributed by atoms with Gasteiger partial charge in [0, 0.05) is 24.2 Å². The van der Waals surface area contributed by atoms with Crippen molar-refractivity contribution in [2.75, 3.05) is 6.54 Å². The second-order valence-electron chi connectivity index (χ2n) is 5.10. The molecule has 0 bridgehead atoms. The fourth-order valence-electron chi connectivity index (χ4n) is 2.20. The van der Waals surface area contributed by atoms with Crippen LogP contribution in [0.4, 0.5) is 0 Å². The molecule has 0 unspecified atom stereocenters. The summed E-state index contributed by atoms with van der Waals surface area (Å²) in [5, 5.41) is 7.91. The van der Waals surface area contributed by atoms with Crippen LogP contribution in [-0.4, -0.2) is 23.5 Å². The molecule has 2 aromatic rings. The van der Waals surface area contributed by atoms with Crippen molar-refractivity contribution in [1.82, 2.24) is 15.6 Å². The fourth-order valence-corrected chi connectivity index (χ4v) is 2.20. The maximum Gasteiger partial charge on any atom is 0.191 e. The molecule has 1 aromatic carbocycles. The van der Waals surface area contributed by atoms with Gasteiger partial charge in [0.15, 0.2) is 5.96 Å². The van der Waals surface area contributed by atoms with Gasteiger partial charge in [-0.15, -0.1) is 24.0 Å². The van der Waals surface area contributed by atoms with Gasteiger partial charge in [0.25, 0.3) is 0 Å². The first-order valence-corrected chi connectivity index (χ1v) is 7.24. The number of aliphatic imine (C=N–C) groups is 1. The van der Waals surface area contributed by atoms with Crippen LogP contribution in [0.15, 0.2) is 41.5 Å². The topological polar surface area (TPSA) is 49.3 Å². The lowest BCUT2D eigenvalue weighted by Gasteiger charge is -2.10. The molecular weight excluding hydrogens is 375 g/mol. The number of hydrogen-bond acceptors (Lipinski definition) is 2. The first kappa shape index (κ1) is 16.0. The summed E-state index contributed by atoms with van der Waals surface area (Å²) < 4.78 is 0. The number of para-hydroxylation sites is 1. The highest BCUT2D eigenvalue weighted by Gasteiger charge is 2.22. The molecule has 5 heteroatoms. The number of rotatable bonds is 4. The Balaban J connectivity index is 0.00000161. The predicted octanol–water partition coefficient (Wildman–Crippen LogP) is 3.07. The van der Waals surface area contributed by atoms with E-state index in [1.807, 2.05) is 30.5 Å². The van der Waals surface area contributed by atoms with Crippen LogP contribution in [0, 0.1) is 0 Å². The van der Waals surface area contributed by atoms with Crippen molar-refractivity contribution in [3.05, 3.63) is 42.1 Å². The minimum absolute atomic E-state index is 0. The monoisotopic (exact) mass is 396 g/mol. The zero-order valence-electron chi connectivity index (χ0n) is 12.2. The average Bonchev–Trinajstić information content (AvgIpc) is 3.29. The summed E-state index contributed by atoms with van der Waals surface area (Å²) in [5.41, 5.74) is 2.24. The van der Waals surface area contributed by atoms with Crippen molar-refractivity contribution in [3.8, 4) is 0 Å². The van der Waals surface area contributed by atoms with Gasteiger partial charge in [0.05, 0.1) is 12.1 Å². The zero-order valence-corrected chi connectivity index (χ0v) is 14.5. The third kappa shape index (κ3) is 4.30. The van der Waals surface area contributed by atoms with Gasteiger partial charge in [-0.05, 0) is 37.5 Å². The summed E-state index contributed by atoms with van der Waals surface area (Å²) >= 11 is 0. The maximum atomic E-state index is 4.68. The Morgan fingerprint density at radius 1 is 1.29 bits per heavy atom. The quantitative estimate of drug-likeness (QED) is 0.475. The number of hydrogen-bond donors (Lipinski definition) is 2. The zero-order chi connectivity index (χ0) is 13.8. The highest BCUT2D eigenvalue weighted by Crippen LogP contribution is 2.19. The summed E-state index contributed by atoms with van der Waals surface area (Å²) in [5.74, 6) is 0.913. The molecule has 0 radical (unpaired) electrons. The number of benzene rings is 1. The number of guanidine groups is 1. The molecule has 0 aliphatic heterocycles. The van der Waals surface area contributed by atoms with Crippen molar-refractivity contribution in [2.45, 2.75) is 32.4 Å². The highest BCUT2D eigenvalue weighted by molar-refractivity contribution is 14.0. The van der Waals surface area contributed by atoms with Gasteiger partial charge in [0.2, 0.25) is 0 Å². The first-order valence-electron chi connectivity index (χ1n) is 7.24. The molecule has 1 saturated carbocycles. The van der Waals surface area contributed by atoms with E-state index in [9.17, 15) is 0 Å². The molecule has 112 valence electrons. The summed E-state index contributed by atoms with van der Waals surface area (Å²) in [6.07, 6.45) is 4.36. The predicted molar refractivity (Wildman–Crippen MR) is 98.1 cm³/mol. The molecule has 21 heavy (non-hydrogen) atoms. The second-order valence-corrected chi connectivity index (χ2v) is 5.10. The van der Waals surface area contributed by atoms with E-state index in [2.05, 4.69) is 33.6 Å². The molecule has 0 amide bonds. The van der Waals surface area contributed by atoms with E-state index in [1.165, 1.54) is 23.8 Å². The molecule has 0 atom stereocenters. The minimum atomic E-state index is 0. The average molecular weight is 396 g/mol. The van der Waals surface area contributed by atoms with E-state index in [-0.39, 0.29) is 24.0 Å². The van der Waals surface area contributed by atoms with E-state index < -0.39 is 0 Å². The third-order valence-electron chi connectivity index (χ3n) is 3.41. The molecule has 1 fully saturated rings.